The quantitative estimate of drug-likeness (QED) is 0.627. The number of aliphatic hydroxyl groups excluding tert-OH is 3. The van der Waals surface area contributed by atoms with Crippen molar-refractivity contribution in [3.8, 4) is 0 Å². The van der Waals surface area contributed by atoms with E-state index >= 15 is 0 Å². The lowest BCUT2D eigenvalue weighted by atomic mass is 10.1. The van der Waals surface area contributed by atoms with E-state index in [-0.39, 0.29) is 12.6 Å². The molecular formula is C17H21Cl2N3O4. The van der Waals surface area contributed by atoms with Crippen LogP contribution in [0.4, 0.5) is 5.95 Å². The third-order valence-corrected chi connectivity index (χ3v) is 5.91. The molecule has 2 aliphatic rings. The molecule has 1 aliphatic carbocycles. The largest absolute Gasteiger partial charge is 0.394 e. The first-order valence-electron chi connectivity index (χ1n) is 8.75. The Balaban J connectivity index is 1.80. The summed E-state index contributed by atoms with van der Waals surface area (Å²) >= 11 is 12.3. The third-order valence-electron chi connectivity index (χ3n) is 5.19. The summed E-state index contributed by atoms with van der Waals surface area (Å²) in [6, 6.07) is 3.62. The number of aromatic nitrogens is 2. The van der Waals surface area contributed by atoms with E-state index in [4.69, 9.17) is 27.9 Å². The predicted octanol–water partition coefficient (Wildman–Crippen LogP) is 2.31. The third kappa shape index (κ3) is 3.06. The van der Waals surface area contributed by atoms with Crippen LogP contribution >= 0.6 is 23.2 Å². The van der Waals surface area contributed by atoms with Crippen LogP contribution in [0.5, 0.6) is 0 Å². The van der Waals surface area contributed by atoms with Crippen LogP contribution in [0.2, 0.25) is 10.0 Å². The van der Waals surface area contributed by atoms with Gasteiger partial charge >= 0.3 is 0 Å². The number of imidazole rings is 1. The van der Waals surface area contributed by atoms with Crippen molar-refractivity contribution in [1.82, 2.24) is 9.55 Å². The molecule has 4 N–H and O–H groups in total. The number of nitrogens with zero attached hydrogens (tertiary/aromatic N) is 2. The van der Waals surface area contributed by atoms with Crippen molar-refractivity contribution in [2.45, 2.75) is 56.3 Å². The summed E-state index contributed by atoms with van der Waals surface area (Å²) in [6.45, 7) is -0.390. The highest BCUT2D eigenvalue weighted by molar-refractivity contribution is 6.42. The number of benzene rings is 1. The fraction of sp³-hybridized carbons (Fsp3) is 0.588. The first kappa shape index (κ1) is 18.3. The Morgan fingerprint density at radius 2 is 1.85 bits per heavy atom. The zero-order chi connectivity index (χ0) is 18.4. The van der Waals surface area contributed by atoms with E-state index in [9.17, 15) is 15.3 Å². The van der Waals surface area contributed by atoms with Gasteiger partial charge in [0.1, 0.15) is 18.3 Å². The fourth-order valence-corrected chi connectivity index (χ4v) is 4.11. The summed E-state index contributed by atoms with van der Waals surface area (Å²) in [5.41, 5.74) is 1.24. The number of rotatable bonds is 4. The summed E-state index contributed by atoms with van der Waals surface area (Å²) in [4.78, 5) is 4.61. The molecular weight excluding hydrogens is 381 g/mol. The van der Waals surface area contributed by atoms with Crippen molar-refractivity contribution in [2.24, 2.45) is 0 Å². The summed E-state index contributed by atoms with van der Waals surface area (Å²) in [5, 5.41) is 34.2. The van der Waals surface area contributed by atoms with Crippen LogP contribution in [-0.4, -0.2) is 55.8 Å². The Labute approximate surface area is 160 Å². The van der Waals surface area contributed by atoms with E-state index in [1.807, 2.05) is 0 Å². The van der Waals surface area contributed by atoms with Gasteiger partial charge < -0.3 is 25.4 Å². The number of anilines is 1. The summed E-state index contributed by atoms with van der Waals surface area (Å²) in [5.74, 6) is 0.528. The Hall–Kier alpha value is -1.09. The molecule has 7 nitrogen and oxygen atoms in total. The molecule has 1 saturated carbocycles. The molecule has 1 saturated heterocycles. The smallest absolute Gasteiger partial charge is 0.206 e. The number of nitrogens with one attached hydrogen (secondary N) is 1. The lowest BCUT2D eigenvalue weighted by molar-refractivity contribution is -0.0499. The molecule has 0 radical (unpaired) electrons. The standard InChI is InChI=1S/C17H21Cl2N3O4/c18-9-5-11-12(6-10(9)19)22(16-15(25)14(24)13(7-23)26-16)17(21-11)20-8-3-1-2-4-8/h5-6,8,13-16,23-25H,1-4,7H2,(H,20,21)/t13-,14-,15-,16-/m0/s1. The molecule has 9 heteroatoms. The highest BCUT2D eigenvalue weighted by atomic mass is 35.5. The first-order chi connectivity index (χ1) is 12.5. The Bertz CT molecular complexity index is 809. The molecule has 0 bridgehead atoms. The second-order valence-electron chi connectivity index (χ2n) is 6.92. The molecule has 0 spiro atoms. The van der Waals surface area contributed by atoms with Crippen molar-refractivity contribution in [3.05, 3.63) is 22.2 Å². The molecule has 4 atom stereocenters. The molecule has 1 aromatic carbocycles. The van der Waals surface area contributed by atoms with Gasteiger partial charge in [-0.1, -0.05) is 36.0 Å². The summed E-state index contributed by atoms with van der Waals surface area (Å²) in [6.07, 6.45) is 0.240. The molecule has 0 unspecified atom stereocenters. The van der Waals surface area contributed by atoms with Crippen LogP contribution in [0.1, 0.15) is 31.9 Å². The zero-order valence-corrected chi connectivity index (χ0v) is 15.5. The van der Waals surface area contributed by atoms with Gasteiger partial charge in [0, 0.05) is 6.04 Å². The van der Waals surface area contributed by atoms with E-state index in [0.29, 0.717) is 27.0 Å². The van der Waals surface area contributed by atoms with Crippen molar-refractivity contribution in [2.75, 3.05) is 11.9 Å². The number of ether oxygens (including phenoxy) is 1. The van der Waals surface area contributed by atoms with Gasteiger partial charge in [0.05, 0.1) is 27.7 Å². The Morgan fingerprint density at radius 1 is 1.15 bits per heavy atom. The molecule has 0 amide bonds. The molecule has 4 rings (SSSR count). The number of aliphatic hydroxyl groups is 3. The minimum atomic E-state index is -1.21. The maximum Gasteiger partial charge on any atom is 0.206 e. The van der Waals surface area contributed by atoms with Gasteiger partial charge in [-0.3, -0.25) is 4.57 Å². The predicted molar refractivity (Wildman–Crippen MR) is 98.6 cm³/mol. The molecule has 2 aromatic rings. The topological polar surface area (TPSA) is 99.8 Å². The van der Waals surface area contributed by atoms with Crippen molar-refractivity contribution < 1.29 is 20.1 Å². The fourth-order valence-electron chi connectivity index (χ4n) is 3.80. The molecule has 2 fully saturated rings. The highest BCUT2D eigenvalue weighted by Gasteiger charge is 2.44. The molecule has 26 heavy (non-hydrogen) atoms. The van der Waals surface area contributed by atoms with Gasteiger partial charge in [0.15, 0.2) is 6.23 Å². The van der Waals surface area contributed by atoms with Crippen LogP contribution in [0.15, 0.2) is 12.1 Å². The van der Waals surface area contributed by atoms with Crippen molar-refractivity contribution >= 4 is 40.2 Å². The maximum absolute atomic E-state index is 10.5. The number of hydrogen-bond acceptors (Lipinski definition) is 6. The Kier molecular flexibility index (Phi) is 5.02. The molecule has 1 aliphatic heterocycles. The number of fused-ring (bicyclic) bond motifs is 1. The zero-order valence-electron chi connectivity index (χ0n) is 14.0. The van der Waals surface area contributed by atoms with Crippen molar-refractivity contribution in [3.63, 3.8) is 0 Å². The van der Waals surface area contributed by atoms with Gasteiger partial charge in [-0.15, -0.1) is 0 Å². The van der Waals surface area contributed by atoms with Crippen LogP contribution in [0.25, 0.3) is 11.0 Å². The average Bonchev–Trinajstić information content (AvgIpc) is 3.30. The monoisotopic (exact) mass is 401 g/mol. The first-order valence-corrected chi connectivity index (χ1v) is 9.51. The highest BCUT2D eigenvalue weighted by Crippen LogP contribution is 2.38. The maximum atomic E-state index is 10.5. The molecule has 1 aromatic heterocycles. The van der Waals surface area contributed by atoms with Crippen LogP contribution in [-0.2, 0) is 4.74 Å². The van der Waals surface area contributed by atoms with Gasteiger partial charge in [-0.2, -0.15) is 0 Å². The van der Waals surface area contributed by atoms with Crippen molar-refractivity contribution in [1.29, 1.82) is 0 Å². The lowest BCUT2D eigenvalue weighted by Gasteiger charge is -2.22. The average molecular weight is 402 g/mol. The molecule has 142 valence electrons. The lowest BCUT2D eigenvalue weighted by Crippen LogP contribution is -2.33. The molecule has 2 heterocycles. The van der Waals surface area contributed by atoms with E-state index in [0.717, 1.165) is 25.7 Å². The van der Waals surface area contributed by atoms with Gasteiger partial charge in [-0.05, 0) is 25.0 Å². The minimum Gasteiger partial charge on any atom is -0.394 e. The Morgan fingerprint density at radius 3 is 2.50 bits per heavy atom. The van der Waals surface area contributed by atoms with Gasteiger partial charge in [0.25, 0.3) is 0 Å². The van der Waals surface area contributed by atoms with E-state index in [1.165, 1.54) is 0 Å². The van der Waals surface area contributed by atoms with Crippen LogP contribution in [0.3, 0.4) is 0 Å². The summed E-state index contributed by atoms with van der Waals surface area (Å²) in [7, 11) is 0. The summed E-state index contributed by atoms with van der Waals surface area (Å²) < 4.78 is 7.41. The van der Waals surface area contributed by atoms with E-state index in [1.54, 1.807) is 16.7 Å². The minimum absolute atomic E-state index is 0.286. The van der Waals surface area contributed by atoms with Crippen LogP contribution < -0.4 is 5.32 Å². The second-order valence-corrected chi connectivity index (χ2v) is 7.73. The van der Waals surface area contributed by atoms with Gasteiger partial charge in [-0.25, -0.2) is 4.98 Å². The SMILES string of the molecule is OC[C@@H]1O[C@H](n2c(NC3CCCC3)nc3cc(Cl)c(Cl)cc32)[C@@H](O)[C@H]1O. The van der Waals surface area contributed by atoms with Gasteiger partial charge in [0.2, 0.25) is 5.95 Å². The number of hydrogen-bond donors (Lipinski definition) is 4. The van der Waals surface area contributed by atoms with E-state index in [2.05, 4.69) is 10.3 Å². The number of halogens is 2. The van der Waals surface area contributed by atoms with E-state index < -0.39 is 24.5 Å². The van der Waals surface area contributed by atoms with Crippen LogP contribution in [0, 0.1) is 0 Å². The second kappa shape index (κ2) is 7.14. The normalized spacial score (nSPS) is 29.7.